The highest BCUT2D eigenvalue weighted by Crippen LogP contribution is 2.37. The summed E-state index contributed by atoms with van der Waals surface area (Å²) in [6, 6.07) is 5.74. The summed E-state index contributed by atoms with van der Waals surface area (Å²) in [6.45, 7) is 0.643. The van der Waals surface area contributed by atoms with Gasteiger partial charge in [0, 0.05) is 23.6 Å². The van der Waals surface area contributed by atoms with Crippen LogP contribution in [0.15, 0.2) is 24.4 Å². The molecule has 1 saturated carbocycles. The molecular formula is C18H23NO3. The normalized spacial score (nSPS) is 16.1. The average Bonchev–Trinajstić information content (AvgIpc) is 2.93. The van der Waals surface area contributed by atoms with E-state index in [-0.39, 0.29) is 12.6 Å². The molecule has 1 fully saturated rings. The van der Waals surface area contributed by atoms with Crippen molar-refractivity contribution in [2.45, 2.75) is 44.6 Å². The molecule has 2 aromatic rings. The Morgan fingerprint density at radius 1 is 1.32 bits per heavy atom. The maximum absolute atomic E-state index is 11.8. The fourth-order valence-corrected chi connectivity index (χ4v) is 3.60. The SMILES string of the molecule is COC(=O)c1ccc2c(C3CCCCC3)cn(CCO)c2c1. The van der Waals surface area contributed by atoms with E-state index in [1.165, 1.54) is 50.2 Å². The lowest BCUT2D eigenvalue weighted by atomic mass is 9.84. The van der Waals surface area contributed by atoms with Gasteiger partial charge < -0.3 is 14.4 Å². The predicted molar refractivity (Wildman–Crippen MR) is 86.2 cm³/mol. The second-order valence-corrected chi connectivity index (χ2v) is 6.06. The number of carbonyl (C=O) groups is 1. The van der Waals surface area contributed by atoms with Crippen LogP contribution in [0.4, 0.5) is 0 Å². The van der Waals surface area contributed by atoms with Crippen molar-refractivity contribution >= 4 is 16.9 Å². The highest BCUT2D eigenvalue weighted by Gasteiger charge is 2.21. The van der Waals surface area contributed by atoms with Crippen LogP contribution < -0.4 is 0 Å². The zero-order valence-electron chi connectivity index (χ0n) is 13.0. The van der Waals surface area contributed by atoms with Crippen LogP contribution in [0.1, 0.15) is 53.9 Å². The van der Waals surface area contributed by atoms with E-state index in [2.05, 4.69) is 10.8 Å². The molecule has 1 aliphatic rings. The summed E-state index contributed by atoms with van der Waals surface area (Å²) < 4.78 is 6.87. The average molecular weight is 301 g/mol. The number of carbonyl (C=O) groups excluding carboxylic acids is 1. The van der Waals surface area contributed by atoms with Gasteiger partial charge in [0.05, 0.1) is 19.3 Å². The maximum Gasteiger partial charge on any atom is 0.337 e. The first-order chi connectivity index (χ1) is 10.7. The van der Waals surface area contributed by atoms with Crippen LogP contribution in [0.25, 0.3) is 10.9 Å². The smallest absolute Gasteiger partial charge is 0.337 e. The third-order valence-corrected chi connectivity index (χ3v) is 4.72. The van der Waals surface area contributed by atoms with Gasteiger partial charge in [-0.05, 0) is 36.5 Å². The summed E-state index contributed by atoms with van der Waals surface area (Å²) in [5, 5.41) is 10.5. The number of fused-ring (bicyclic) bond motifs is 1. The number of aromatic nitrogens is 1. The summed E-state index contributed by atoms with van der Waals surface area (Å²) in [6.07, 6.45) is 8.54. The number of esters is 1. The molecule has 0 spiro atoms. The van der Waals surface area contributed by atoms with Gasteiger partial charge in [0.2, 0.25) is 0 Å². The van der Waals surface area contributed by atoms with Gasteiger partial charge in [0.25, 0.3) is 0 Å². The molecule has 0 aliphatic heterocycles. The molecule has 118 valence electrons. The molecule has 1 aromatic carbocycles. The molecule has 0 saturated heterocycles. The predicted octanol–water partition coefficient (Wildman–Crippen LogP) is 3.47. The van der Waals surface area contributed by atoms with Crippen molar-refractivity contribution in [1.82, 2.24) is 4.57 Å². The van der Waals surface area contributed by atoms with E-state index in [0.717, 1.165) is 5.52 Å². The van der Waals surface area contributed by atoms with Gasteiger partial charge in [0.15, 0.2) is 0 Å². The molecule has 0 atom stereocenters. The summed E-state index contributed by atoms with van der Waals surface area (Å²) in [4.78, 5) is 11.8. The number of ether oxygens (including phenoxy) is 1. The number of methoxy groups -OCH3 is 1. The summed E-state index contributed by atoms with van der Waals surface area (Å²) >= 11 is 0. The highest BCUT2D eigenvalue weighted by atomic mass is 16.5. The van der Waals surface area contributed by atoms with Crippen LogP contribution in [-0.2, 0) is 11.3 Å². The largest absolute Gasteiger partial charge is 0.465 e. The zero-order chi connectivity index (χ0) is 15.5. The molecule has 1 heterocycles. The molecule has 4 heteroatoms. The minimum absolute atomic E-state index is 0.0936. The number of aliphatic hydroxyl groups is 1. The van der Waals surface area contributed by atoms with Crippen molar-refractivity contribution in [1.29, 1.82) is 0 Å². The number of rotatable bonds is 4. The van der Waals surface area contributed by atoms with Crippen molar-refractivity contribution in [2.24, 2.45) is 0 Å². The quantitative estimate of drug-likeness (QED) is 0.880. The second-order valence-electron chi connectivity index (χ2n) is 6.06. The van der Waals surface area contributed by atoms with Crippen molar-refractivity contribution in [3.8, 4) is 0 Å². The van der Waals surface area contributed by atoms with Crippen LogP contribution in [0.2, 0.25) is 0 Å². The molecule has 3 rings (SSSR count). The summed E-state index contributed by atoms with van der Waals surface area (Å²) in [5.74, 6) is 0.276. The fourth-order valence-electron chi connectivity index (χ4n) is 3.60. The van der Waals surface area contributed by atoms with Gasteiger partial charge in [-0.2, -0.15) is 0 Å². The van der Waals surface area contributed by atoms with Crippen LogP contribution in [0.5, 0.6) is 0 Å². The van der Waals surface area contributed by atoms with E-state index in [9.17, 15) is 9.90 Å². The number of nitrogens with zero attached hydrogens (tertiary/aromatic N) is 1. The monoisotopic (exact) mass is 301 g/mol. The summed E-state index contributed by atoms with van der Waals surface area (Å²) in [5.41, 5.74) is 2.93. The highest BCUT2D eigenvalue weighted by molar-refractivity contribution is 5.95. The lowest BCUT2D eigenvalue weighted by molar-refractivity contribution is 0.0601. The van der Waals surface area contributed by atoms with Crippen molar-refractivity contribution in [3.63, 3.8) is 0 Å². The number of benzene rings is 1. The van der Waals surface area contributed by atoms with Gasteiger partial charge in [-0.25, -0.2) is 4.79 Å². The summed E-state index contributed by atoms with van der Waals surface area (Å²) in [7, 11) is 1.40. The van der Waals surface area contributed by atoms with Gasteiger partial charge in [-0.3, -0.25) is 0 Å². The zero-order valence-corrected chi connectivity index (χ0v) is 13.0. The van der Waals surface area contributed by atoms with E-state index in [1.807, 2.05) is 18.2 Å². The van der Waals surface area contributed by atoms with E-state index in [4.69, 9.17) is 4.74 Å². The molecule has 4 nitrogen and oxygen atoms in total. The van der Waals surface area contributed by atoms with Gasteiger partial charge in [-0.15, -0.1) is 0 Å². The molecule has 0 unspecified atom stereocenters. The minimum atomic E-state index is -0.321. The molecule has 1 aliphatic carbocycles. The van der Waals surface area contributed by atoms with Gasteiger partial charge >= 0.3 is 5.97 Å². The van der Waals surface area contributed by atoms with Gasteiger partial charge in [0.1, 0.15) is 0 Å². The Kier molecular flexibility index (Phi) is 4.48. The van der Waals surface area contributed by atoms with E-state index in [1.54, 1.807) is 0 Å². The van der Waals surface area contributed by atoms with Gasteiger partial charge in [-0.1, -0.05) is 25.3 Å². The first-order valence-electron chi connectivity index (χ1n) is 8.06. The number of aliphatic hydroxyl groups excluding tert-OH is 1. The lowest BCUT2D eigenvalue weighted by Crippen LogP contribution is -2.04. The Bertz CT molecular complexity index is 668. The first kappa shape index (κ1) is 15.1. The topological polar surface area (TPSA) is 51.5 Å². The number of hydrogen-bond donors (Lipinski definition) is 1. The molecule has 0 bridgehead atoms. The third-order valence-electron chi connectivity index (χ3n) is 4.72. The molecular weight excluding hydrogens is 278 g/mol. The minimum Gasteiger partial charge on any atom is -0.465 e. The van der Waals surface area contributed by atoms with Crippen LogP contribution in [0.3, 0.4) is 0 Å². The lowest BCUT2D eigenvalue weighted by Gasteiger charge is -2.21. The fraction of sp³-hybridized carbons (Fsp3) is 0.500. The van der Waals surface area contributed by atoms with Crippen LogP contribution in [-0.4, -0.2) is 29.4 Å². The standard InChI is InChI=1S/C18H23NO3/c1-22-18(21)14-7-8-15-16(13-5-3-2-4-6-13)12-19(9-10-20)17(15)11-14/h7-8,11-13,20H,2-6,9-10H2,1H3. The van der Waals surface area contributed by atoms with Crippen molar-refractivity contribution in [3.05, 3.63) is 35.5 Å². The first-order valence-corrected chi connectivity index (χ1v) is 8.06. The Morgan fingerprint density at radius 2 is 2.09 bits per heavy atom. The van der Waals surface area contributed by atoms with E-state index in [0.29, 0.717) is 18.0 Å². The number of hydrogen-bond acceptors (Lipinski definition) is 3. The molecule has 1 N–H and O–H groups in total. The Hall–Kier alpha value is -1.81. The van der Waals surface area contributed by atoms with Crippen LogP contribution in [0, 0.1) is 0 Å². The Labute approximate surface area is 130 Å². The van der Waals surface area contributed by atoms with Crippen molar-refractivity contribution < 1.29 is 14.6 Å². The van der Waals surface area contributed by atoms with E-state index < -0.39 is 0 Å². The molecule has 22 heavy (non-hydrogen) atoms. The Balaban J connectivity index is 2.07. The third kappa shape index (κ3) is 2.75. The van der Waals surface area contributed by atoms with Crippen molar-refractivity contribution in [2.75, 3.05) is 13.7 Å². The molecule has 0 amide bonds. The van der Waals surface area contributed by atoms with Crippen LogP contribution >= 0.6 is 0 Å². The molecule has 1 aromatic heterocycles. The Morgan fingerprint density at radius 3 is 2.77 bits per heavy atom. The maximum atomic E-state index is 11.8. The second kappa shape index (κ2) is 6.53. The molecule has 0 radical (unpaired) electrons. The van der Waals surface area contributed by atoms with E-state index >= 15 is 0 Å².